The zero-order chi connectivity index (χ0) is 9.30. The summed E-state index contributed by atoms with van der Waals surface area (Å²) in [4.78, 5) is 10.9. The molecule has 1 nitrogen and oxygen atoms in total. The highest BCUT2D eigenvalue weighted by atomic mass is 35.5. The van der Waals surface area contributed by atoms with Crippen LogP contribution in [0.15, 0.2) is 12.1 Å². The number of carbonyl (C=O) groups excluding carboxylic acids is 1. The molecule has 12 heavy (non-hydrogen) atoms. The molecule has 0 saturated carbocycles. The summed E-state index contributed by atoms with van der Waals surface area (Å²) in [5.41, 5.74) is 0.113. The molecule has 64 valence electrons. The van der Waals surface area contributed by atoms with Gasteiger partial charge in [-0.05, 0) is 19.1 Å². The molecule has 0 fully saturated rings. The van der Waals surface area contributed by atoms with Gasteiger partial charge in [0.25, 0.3) is 0 Å². The third-order valence-corrected chi connectivity index (χ3v) is 2.17. The van der Waals surface area contributed by atoms with Crippen LogP contribution in [-0.2, 0) is 0 Å². The Bertz CT molecular complexity index is 336. The van der Waals surface area contributed by atoms with Crippen molar-refractivity contribution in [1.29, 1.82) is 0 Å². The van der Waals surface area contributed by atoms with Crippen LogP contribution in [-0.4, -0.2) is 5.78 Å². The molecule has 0 saturated heterocycles. The highest BCUT2D eigenvalue weighted by molar-refractivity contribution is 6.43. The first-order chi connectivity index (χ1) is 5.52. The van der Waals surface area contributed by atoms with E-state index in [1.807, 2.05) is 0 Å². The van der Waals surface area contributed by atoms with E-state index >= 15 is 0 Å². The summed E-state index contributed by atoms with van der Waals surface area (Å²) in [6, 6.07) is 2.13. The fourth-order valence-corrected chi connectivity index (χ4v) is 1.26. The molecule has 0 aliphatic rings. The number of ketones is 1. The first kappa shape index (κ1) is 9.49. The molecule has 0 radical (unpaired) electrons. The number of hydrogen-bond acceptors (Lipinski definition) is 1. The Morgan fingerprint density at radius 3 is 2.50 bits per heavy atom. The van der Waals surface area contributed by atoms with Crippen LogP contribution in [0, 0.1) is 5.82 Å². The molecule has 1 rings (SSSR count). The van der Waals surface area contributed by atoms with Crippen molar-refractivity contribution in [2.45, 2.75) is 6.92 Å². The van der Waals surface area contributed by atoms with Crippen molar-refractivity contribution in [2.75, 3.05) is 0 Å². The van der Waals surface area contributed by atoms with E-state index in [-0.39, 0.29) is 21.4 Å². The third-order valence-electron chi connectivity index (χ3n) is 1.37. The monoisotopic (exact) mass is 206 g/mol. The summed E-state index contributed by atoms with van der Waals surface area (Å²) in [6.07, 6.45) is 0. The van der Waals surface area contributed by atoms with Crippen LogP contribution < -0.4 is 0 Å². The second kappa shape index (κ2) is 3.42. The fourth-order valence-electron chi connectivity index (χ4n) is 0.812. The quantitative estimate of drug-likeness (QED) is 0.509. The van der Waals surface area contributed by atoms with Gasteiger partial charge in [-0.3, -0.25) is 4.79 Å². The van der Waals surface area contributed by atoms with Crippen LogP contribution in [0.5, 0.6) is 0 Å². The Labute approximate surface area is 79.1 Å². The maximum atomic E-state index is 12.7. The van der Waals surface area contributed by atoms with E-state index in [4.69, 9.17) is 23.2 Å². The van der Waals surface area contributed by atoms with Crippen LogP contribution in [0.3, 0.4) is 0 Å². The van der Waals surface area contributed by atoms with E-state index in [2.05, 4.69) is 0 Å². The summed E-state index contributed by atoms with van der Waals surface area (Å²) in [6.45, 7) is 1.30. The third kappa shape index (κ3) is 1.76. The van der Waals surface area contributed by atoms with Gasteiger partial charge in [0.1, 0.15) is 5.82 Å². The van der Waals surface area contributed by atoms with Gasteiger partial charge in [0.05, 0.1) is 10.0 Å². The van der Waals surface area contributed by atoms with E-state index in [0.717, 1.165) is 12.1 Å². The number of carbonyl (C=O) groups is 1. The highest BCUT2D eigenvalue weighted by Crippen LogP contribution is 2.27. The molecule has 0 N–H and O–H groups in total. The van der Waals surface area contributed by atoms with Gasteiger partial charge in [-0.15, -0.1) is 0 Å². The van der Waals surface area contributed by atoms with Crippen molar-refractivity contribution in [2.24, 2.45) is 0 Å². The summed E-state index contributed by atoms with van der Waals surface area (Å²) < 4.78 is 12.7. The highest BCUT2D eigenvalue weighted by Gasteiger charge is 2.10. The number of rotatable bonds is 1. The van der Waals surface area contributed by atoms with E-state index in [0.29, 0.717) is 0 Å². The van der Waals surface area contributed by atoms with Crippen LogP contribution in [0.2, 0.25) is 10.0 Å². The first-order valence-electron chi connectivity index (χ1n) is 3.18. The lowest BCUT2D eigenvalue weighted by atomic mass is 10.1. The van der Waals surface area contributed by atoms with Gasteiger partial charge >= 0.3 is 0 Å². The van der Waals surface area contributed by atoms with E-state index in [9.17, 15) is 9.18 Å². The van der Waals surface area contributed by atoms with Crippen molar-refractivity contribution in [3.63, 3.8) is 0 Å². The fraction of sp³-hybridized carbons (Fsp3) is 0.125. The predicted molar refractivity (Wildman–Crippen MR) is 46.4 cm³/mol. The summed E-state index contributed by atoms with van der Waals surface area (Å²) in [5.74, 6) is -0.865. The minimum Gasteiger partial charge on any atom is -0.294 e. The molecule has 0 aliphatic heterocycles. The van der Waals surface area contributed by atoms with Gasteiger partial charge in [0.2, 0.25) is 0 Å². The maximum absolute atomic E-state index is 12.7. The largest absolute Gasteiger partial charge is 0.294 e. The second-order valence-corrected chi connectivity index (χ2v) is 3.09. The molecule has 0 heterocycles. The molecule has 0 aliphatic carbocycles. The minimum atomic E-state index is -0.561. The molecule has 0 bridgehead atoms. The molecule has 0 atom stereocenters. The number of hydrogen-bond donors (Lipinski definition) is 0. The second-order valence-electron chi connectivity index (χ2n) is 2.31. The molecule has 1 aromatic rings. The number of benzene rings is 1. The van der Waals surface area contributed by atoms with Gasteiger partial charge in [-0.1, -0.05) is 23.2 Å². The van der Waals surface area contributed by atoms with Crippen LogP contribution in [0.1, 0.15) is 17.3 Å². The molecule has 0 amide bonds. The summed E-state index contributed by atoms with van der Waals surface area (Å²) in [5, 5.41) is 0.160. The lowest BCUT2D eigenvalue weighted by molar-refractivity contribution is 0.101. The zero-order valence-electron chi connectivity index (χ0n) is 6.20. The Morgan fingerprint density at radius 1 is 1.42 bits per heavy atom. The van der Waals surface area contributed by atoms with Gasteiger partial charge in [0, 0.05) is 5.56 Å². The van der Waals surface area contributed by atoms with Crippen LogP contribution in [0.4, 0.5) is 4.39 Å². The molecule has 0 spiro atoms. The predicted octanol–water partition coefficient (Wildman–Crippen LogP) is 3.34. The molecule has 0 aromatic heterocycles. The Kier molecular flexibility index (Phi) is 2.70. The van der Waals surface area contributed by atoms with Crippen LogP contribution >= 0.6 is 23.2 Å². The molecule has 0 unspecified atom stereocenters. The zero-order valence-corrected chi connectivity index (χ0v) is 7.71. The minimum absolute atomic E-state index is 0.0573. The van der Waals surface area contributed by atoms with Gasteiger partial charge in [-0.25, -0.2) is 4.39 Å². The van der Waals surface area contributed by atoms with Crippen molar-refractivity contribution in [1.82, 2.24) is 0 Å². The van der Waals surface area contributed by atoms with E-state index in [1.165, 1.54) is 6.92 Å². The van der Waals surface area contributed by atoms with Crippen molar-refractivity contribution in [3.05, 3.63) is 33.6 Å². The lowest BCUT2D eigenvalue weighted by Crippen LogP contribution is -1.94. The molecule has 1 aromatic carbocycles. The summed E-state index contributed by atoms with van der Waals surface area (Å²) in [7, 11) is 0. The number of halogens is 3. The standard InChI is InChI=1S/C8H5Cl2FO/c1-4(12)6-2-5(11)3-7(9)8(6)10/h2-3H,1H3. The van der Waals surface area contributed by atoms with E-state index < -0.39 is 5.82 Å². The molecular weight excluding hydrogens is 202 g/mol. The Balaban J connectivity index is 3.37. The average Bonchev–Trinajstić information content (AvgIpc) is 1.96. The van der Waals surface area contributed by atoms with Gasteiger partial charge < -0.3 is 0 Å². The van der Waals surface area contributed by atoms with Gasteiger partial charge in [0.15, 0.2) is 5.78 Å². The smallest absolute Gasteiger partial charge is 0.161 e. The Hall–Kier alpha value is -0.600. The lowest BCUT2D eigenvalue weighted by Gasteiger charge is -2.01. The molecular formula is C8H5Cl2FO. The van der Waals surface area contributed by atoms with E-state index in [1.54, 1.807) is 0 Å². The number of Topliss-reactive ketones (excluding diaryl/α,β-unsaturated/α-hetero) is 1. The summed E-state index contributed by atoms with van der Waals surface area (Å²) >= 11 is 11.2. The maximum Gasteiger partial charge on any atom is 0.161 e. The van der Waals surface area contributed by atoms with Gasteiger partial charge in [-0.2, -0.15) is 0 Å². The van der Waals surface area contributed by atoms with Crippen molar-refractivity contribution < 1.29 is 9.18 Å². The Morgan fingerprint density at radius 2 is 2.00 bits per heavy atom. The average molecular weight is 207 g/mol. The SMILES string of the molecule is CC(=O)c1cc(F)cc(Cl)c1Cl. The molecule has 4 heteroatoms. The van der Waals surface area contributed by atoms with Crippen LogP contribution in [0.25, 0.3) is 0 Å². The topological polar surface area (TPSA) is 17.1 Å². The van der Waals surface area contributed by atoms with Crippen molar-refractivity contribution >= 4 is 29.0 Å². The van der Waals surface area contributed by atoms with Crippen molar-refractivity contribution in [3.8, 4) is 0 Å². The normalized spacial score (nSPS) is 10.0. The first-order valence-corrected chi connectivity index (χ1v) is 3.93.